The van der Waals surface area contributed by atoms with Gasteiger partial charge >= 0.3 is 0 Å². The third-order valence-corrected chi connectivity index (χ3v) is 4.81. The Balaban J connectivity index is 2.39. The maximum absolute atomic E-state index is 11.9. The van der Waals surface area contributed by atoms with Gasteiger partial charge in [-0.3, -0.25) is 4.79 Å². The van der Waals surface area contributed by atoms with Crippen LogP contribution >= 0.6 is 11.3 Å². The van der Waals surface area contributed by atoms with Crippen molar-refractivity contribution in [3.05, 3.63) is 10.4 Å². The molecule has 0 bridgehead atoms. The fraction of sp³-hybridized carbons (Fsp3) is 0.571. The normalized spacial score (nSPS) is 15.9. The monoisotopic (exact) mass is 277 g/mol. The average molecular weight is 277 g/mol. The van der Waals surface area contributed by atoms with Crippen molar-refractivity contribution in [2.45, 2.75) is 39.0 Å². The van der Waals surface area contributed by atoms with E-state index in [-0.39, 0.29) is 5.78 Å². The van der Waals surface area contributed by atoms with Gasteiger partial charge < -0.3 is 10.6 Å². The molecule has 102 valence electrons. The van der Waals surface area contributed by atoms with Gasteiger partial charge in [0, 0.05) is 19.5 Å². The Labute approximate surface area is 117 Å². The molecule has 1 saturated heterocycles. The lowest BCUT2D eigenvalue weighted by Crippen LogP contribution is -2.23. The summed E-state index contributed by atoms with van der Waals surface area (Å²) in [5.74, 6) is 0.0278. The molecule has 0 unspecified atom stereocenters. The molecule has 4 nitrogen and oxygen atoms in total. The number of carbonyl (C=O) groups excluding carboxylic acids is 1. The number of rotatable bonds is 3. The lowest BCUT2D eigenvalue weighted by Gasteiger charge is -2.20. The summed E-state index contributed by atoms with van der Waals surface area (Å²) in [5, 5.41) is 10.2. The standard InChI is InChI=1S/C14H19N3OS/c1-2-11(18)13-12(16)10(9-15)14(19-13)17-7-5-3-4-6-8-17/h2-8,16H2,1H3. The van der Waals surface area contributed by atoms with Crippen molar-refractivity contribution < 1.29 is 4.79 Å². The van der Waals surface area contributed by atoms with Crippen LogP contribution in [0.5, 0.6) is 0 Å². The van der Waals surface area contributed by atoms with E-state index in [0.29, 0.717) is 22.5 Å². The molecule has 1 aliphatic heterocycles. The van der Waals surface area contributed by atoms with Crippen molar-refractivity contribution in [1.29, 1.82) is 5.26 Å². The Morgan fingerprint density at radius 2 is 2.00 bits per heavy atom. The first-order valence-corrected chi connectivity index (χ1v) is 7.61. The van der Waals surface area contributed by atoms with Gasteiger partial charge in [-0.2, -0.15) is 5.26 Å². The van der Waals surface area contributed by atoms with Gasteiger partial charge in [0.25, 0.3) is 0 Å². The van der Waals surface area contributed by atoms with E-state index in [1.807, 2.05) is 6.92 Å². The summed E-state index contributed by atoms with van der Waals surface area (Å²) in [6.45, 7) is 3.72. The Morgan fingerprint density at radius 3 is 2.53 bits per heavy atom. The zero-order chi connectivity index (χ0) is 13.8. The molecule has 2 rings (SSSR count). The number of nitrogens with zero attached hydrogens (tertiary/aromatic N) is 2. The summed E-state index contributed by atoms with van der Waals surface area (Å²) in [7, 11) is 0. The van der Waals surface area contributed by atoms with Crippen molar-refractivity contribution in [2.24, 2.45) is 0 Å². The first-order valence-electron chi connectivity index (χ1n) is 6.79. The van der Waals surface area contributed by atoms with Crippen LogP contribution in [0.4, 0.5) is 10.7 Å². The second-order valence-corrected chi connectivity index (χ2v) is 5.81. The summed E-state index contributed by atoms with van der Waals surface area (Å²) >= 11 is 1.39. The predicted octanol–water partition coefficient (Wildman–Crippen LogP) is 3.18. The fourth-order valence-corrected chi connectivity index (χ4v) is 3.64. The molecular weight excluding hydrogens is 258 g/mol. The van der Waals surface area contributed by atoms with Gasteiger partial charge in [0.05, 0.1) is 10.6 Å². The molecule has 2 heterocycles. The summed E-state index contributed by atoms with van der Waals surface area (Å²) in [6, 6.07) is 2.17. The molecule has 1 aromatic rings. The van der Waals surface area contributed by atoms with Crippen LogP contribution in [-0.2, 0) is 0 Å². The van der Waals surface area contributed by atoms with Crippen LogP contribution in [0.25, 0.3) is 0 Å². The van der Waals surface area contributed by atoms with Crippen LogP contribution in [-0.4, -0.2) is 18.9 Å². The molecular formula is C14H19N3OS. The van der Waals surface area contributed by atoms with Crippen LogP contribution in [0.1, 0.15) is 54.3 Å². The summed E-state index contributed by atoms with van der Waals surface area (Å²) < 4.78 is 0. The Kier molecular flexibility index (Phi) is 4.43. The van der Waals surface area contributed by atoms with Crippen molar-refractivity contribution in [3.8, 4) is 6.07 Å². The molecule has 0 spiro atoms. The number of hydrogen-bond donors (Lipinski definition) is 1. The van der Waals surface area contributed by atoms with E-state index in [1.54, 1.807) is 0 Å². The van der Waals surface area contributed by atoms with Gasteiger partial charge in [-0.25, -0.2) is 0 Å². The minimum atomic E-state index is 0.0278. The SMILES string of the molecule is CCC(=O)c1sc(N2CCCCCC2)c(C#N)c1N. The maximum atomic E-state index is 11.9. The molecule has 0 atom stereocenters. The zero-order valence-electron chi connectivity index (χ0n) is 11.2. The van der Waals surface area contributed by atoms with Crippen molar-refractivity contribution in [1.82, 2.24) is 0 Å². The first kappa shape index (κ1) is 13.9. The first-order chi connectivity index (χ1) is 9.19. The van der Waals surface area contributed by atoms with Crippen LogP contribution in [0.2, 0.25) is 0 Å². The molecule has 0 aliphatic carbocycles. The van der Waals surface area contributed by atoms with Gasteiger partial charge in [-0.05, 0) is 12.8 Å². The molecule has 0 saturated carbocycles. The number of carbonyl (C=O) groups is 1. The van der Waals surface area contributed by atoms with E-state index in [9.17, 15) is 10.1 Å². The van der Waals surface area contributed by atoms with Gasteiger partial charge in [-0.1, -0.05) is 19.8 Å². The highest BCUT2D eigenvalue weighted by molar-refractivity contribution is 7.19. The van der Waals surface area contributed by atoms with E-state index < -0.39 is 0 Å². The van der Waals surface area contributed by atoms with Crippen LogP contribution in [0.3, 0.4) is 0 Å². The van der Waals surface area contributed by atoms with Crippen LogP contribution in [0.15, 0.2) is 0 Å². The van der Waals surface area contributed by atoms with E-state index in [1.165, 1.54) is 24.2 Å². The number of ketones is 1. The van der Waals surface area contributed by atoms with Crippen molar-refractivity contribution in [2.75, 3.05) is 23.7 Å². The molecule has 1 aromatic heterocycles. The molecule has 5 heteroatoms. The second-order valence-electron chi connectivity index (χ2n) is 4.81. The van der Waals surface area contributed by atoms with E-state index in [4.69, 9.17) is 5.73 Å². The number of nitrogen functional groups attached to an aromatic ring is 1. The van der Waals surface area contributed by atoms with Crippen molar-refractivity contribution >= 4 is 27.8 Å². The highest BCUT2D eigenvalue weighted by atomic mass is 32.1. The van der Waals surface area contributed by atoms with Crippen molar-refractivity contribution in [3.63, 3.8) is 0 Å². The molecule has 0 radical (unpaired) electrons. The number of thiophene rings is 1. The molecule has 0 aromatic carbocycles. The third-order valence-electron chi connectivity index (χ3n) is 3.51. The summed E-state index contributed by atoms with van der Waals surface area (Å²) in [6.07, 6.45) is 5.18. The van der Waals surface area contributed by atoms with Gasteiger partial charge in [0.2, 0.25) is 0 Å². The number of nitrogens with two attached hydrogens (primary N) is 1. The number of Topliss-reactive ketones (excluding diaryl/α,β-unsaturated/α-hetero) is 1. The number of nitriles is 1. The van der Waals surface area contributed by atoms with E-state index >= 15 is 0 Å². The average Bonchev–Trinajstić information content (AvgIpc) is 2.61. The highest BCUT2D eigenvalue weighted by Crippen LogP contribution is 2.39. The quantitative estimate of drug-likeness (QED) is 0.861. The molecule has 2 N–H and O–H groups in total. The summed E-state index contributed by atoms with van der Waals surface area (Å²) in [4.78, 5) is 14.6. The molecule has 1 aliphatic rings. The predicted molar refractivity (Wildman–Crippen MR) is 78.7 cm³/mol. The zero-order valence-corrected chi connectivity index (χ0v) is 12.1. The smallest absolute Gasteiger partial charge is 0.174 e. The minimum absolute atomic E-state index is 0.0278. The Bertz CT molecular complexity index is 507. The third kappa shape index (κ3) is 2.74. The number of hydrogen-bond acceptors (Lipinski definition) is 5. The Morgan fingerprint density at radius 1 is 1.37 bits per heavy atom. The fourth-order valence-electron chi connectivity index (χ4n) is 2.40. The maximum Gasteiger partial charge on any atom is 0.174 e. The van der Waals surface area contributed by atoms with E-state index in [2.05, 4.69) is 11.0 Å². The molecule has 0 amide bonds. The Hall–Kier alpha value is -1.54. The van der Waals surface area contributed by atoms with Crippen LogP contribution in [0, 0.1) is 11.3 Å². The number of anilines is 2. The van der Waals surface area contributed by atoms with Gasteiger partial charge in [-0.15, -0.1) is 11.3 Å². The largest absolute Gasteiger partial charge is 0.396 e. The van der Waals surface area contributed by atoms with Gasteiger partial charge in [0.1, 0.15) is 16.6 Å². The molecule has 1 fully saturated rings. The van der Waals surface area contributed by atoms with E-state index in [0.717, 1.165) is 30.9 Å². The highest BCUT2D eigenvalue weighted by Gasteiger charge is 2.23. The molecule has 19 heavy (non-hydrogen) atoms. The minimum Gasteiger partial charge on any atom is -0.396 e. The second kappa shape index (κ2) is 6.07. The van der Waals surface area contributed by atoms with Crippen LogP contribution < -0.4 is 10.6 Å². The van der Waals surface area contributed by atoms with Gasteiger partial charge in [0.15, 0.2) is 5.78 Å². The lowest BCUT2D eigenvalue weighted by molar-refractivity contribution is 0.0993. The lowest BCUT2D eigenvalue weighted by atomic mass is 10.2. The summed E-state index contributed by atoms with van der Waals surface area (Å²) in [5.41, 5.74) is 6.84. The topological polar surface area (TPSA) is 70.1 Å².